The molecule has 7 nitrogen and oxygen atoms in total. The maximum Gasteiger partial charge on any atom is 0.409 e. The second-order valence-corrected chi connectivity index (χ2v) is 6.61. The molecule has 2 rings (SSSR count). The van der Waals surface area contributed by atoms with Gasteiger partial charge in [-0.2, -0.15) is 0 Å². The van der Waals surface area contributed by atoms with Crippen molar-refractivity contribution < 1.29 is 19.1 Å². The monoisotopic (exact) mass is 365 g/mol. The van der Waals surface area contributed by atoms with E-state index in [1.807, 2.05) is 24.3 Å². The quantitative estimate of drug-likeness (QED) is 0.808. The van der Waals surface area contributed by atoms with Crippen LogP contribution in [-0.4, -0.2) is 66.2 Å². The number of carbonyl (C=O) groups is 3. The van der Waals surface area contributed by atoms with E-state index < -0.39 is 0 Å². The van der Waals surface area contributed by atoms with Gasteiger partial charge in [-0.25, -0.2) is 4.79 Å². The maximum atomic E-state index is 12.3. The Morgan fingerprint density at radius 1 is 1.08 bits per heavy atom. The summed E-state index contributed by atoms with van der Waals surface area (Å²) in [6.07, 6.45) is -0.316. The van der Waals surface area contributed by atoms with E-state index in [1.165, 1.54) is 18.7 Å². The number of amides is 3. The second kappa shape index (κ2) is 9.31. The normalized spacial score (nSPS) is 14.2. The highest BCUT2D eigenvalue weighted by molar-refractivity contribution is 8.00. The molecular formula is C17H23N3O4S. The van der Waals surface area contributed by atoms with Gasteiger partial charge >= 0.3 is 6.09 Å². The zero-order chi connectivity index (χ0) is 18.2. The lowest BCUT2D eigenvalue weighted by Gasteiger charge is -2.34. The molecule has 8 heteroatoms. The van der Waals surface area contributed by atoms with Gasteiger partial charge in [0.1, 0.15) is 0 Å². The van der Waals surface area contributed by atoms with Gasteiger partial charge in [-0.3, -0.25) is 9.59 Å². The van der Waals surface area contributed by atoms with Crippen molar-refractivity contribution in [2.45, 2.75) is 18.7 Å². The summed E-state index contributed by atoms with van der Waals surface area (Å²) in [6, 6.07) is 7.38. The number of piperazine rings is 1. The first-order valence-electron chi connectivity index (χ1n) is 8.19. The van der Waals surface area contributed by atoms with Gasteiger partial charge < -0.3 is 19.9 Å². The number of nitrogens with zero attached hydrogens (tertiary/aromatic N) is 2. The first kappa shape index (κ1) is 19.1. The van der Waals surface area contributed by atoms with Crippen LogP contribution in [-0.2, 0) is 14.3 Å². The molecular weight excluding hydrogens is 342 g/mol. The molecule has 0 saturated carbocycles. The number of nitrogens with one attached hydrogen (secondary N) is 1. The predicted molar refractivity (Wildman–Crippen MR) is 96.6 cm³/mol. The summed E-state index contributed by atoms with van der Waals surface area (Å²) >= 11 is 1.46. The Kier molecular flexibility index (Phi) is 7.12. The van der Waals surface area contributed by atoms with Gasteiger partial charge in [0.15, 0.2) is 0 Å². The number of carbonyl (C=O) groups excluding carboxylic acids is 3. The van der Waals surface area contributed by atoms with E-state index in [0.29, 0.717) is 38.5 Å². The lowest BCUT2D eigenvalue weighted by atomic mass is 10.3. The first-order chi connectivity index (χ1) is 12.0. The van der Waals surface area contributed by atoms with Crippen molar-refractivity contribution in [1.29, 1.82) is 0 Å². The summed E-state index contributed by atoms with van der Waals surface area (Å²) in [7, 11) is 0. The number of ether oxygens (including phenoxy) is 1. The molecule has 0 atom stereocenters. The van der Waals surface area contributed by atoms with Gasteiger partial charge in [0.2, 0.25) is 11.8 Å². The number of hydrogen-bond donors (Lipinski definition) is 1. The third-order valence-electron chi connectivity index (χ3n) is 3.70. The Labute approximate surface area is 151 Å². The molecule has 3 amide bonds. The molecule has 1 heterocycles. The van der Waals surface area contributed by atoms with Crippen LogP contribution in [0.3, 0.4) is 0 Å². The van der Waals surface area contributed by atoms with Crippen LogP contribution < -0.4 is 5.32 Å². The zero-order valence-electron chi connectivity index (χ0n) is 14.5. The lowest BCUT2D eigenvalue weighted by molar-refractivity contribution is -0.129. The highest BCUT2D eigenvalue weighted by Gasteiger charge is 2.24. The molecule has 0 unspecified atom stereocenters. The van der Waals surface area contributed by atoms with E-state index in [0.717, 1.165) is 10.6 Å². The Morgan fingerprint density at radius 2 is 1.68 bits per heavy atom. The molecule has 1 aromatic carbocycles. The minimum atomic E-state index is -0.316. The number of anilines is 1. The molecule has 0 bridgehead atoms. The zero-order valence-corrected chi connectivity index (χ0v) is 15.3. The molecule has 136 valence electrons. The van der Waals surface area contributed by atoms with E-state index in [9.17, 15) is 14.4 Å². The number of thioether (sulfide) groups is 1. The van der Waals surface area contributed by atoms with Crippen molar-refractivity contribution in [2.24, 2.45) is 0 Å². The van der Waals surface area contributed by atoms with Crippen LogP contribution in [0.5, 0.6) is 0 Å². The Hall–Kier alpha value is -2.22. The van der Waals surface area contributed by atoms with E-state index in [2.05, 4.69) is 5.32 Å². The highest BCUT2D eigenvalue weighted by Crippen LogP contribution is 2.21. The van der Waals surface area contributed by atoms with E-state index in [-0.39, 0.29) is 17.9 Å². The largest absolute Gasteiger partial charge is 0.450 e. The third-order valence-corrected chi connectivity index (χ3v) is 4.69. The first-order valence-corrected chi connectivity index (χ1v) is 9.18. The molecule has 0 aromatic heterocycles. The Bertz CT molecular complexity index is 613. The van der Waals surface area contributed by atoms with Crippen molar-refractivity contribution in [3.05, 3.63) is 24.3 Å². The molecule has 1 saturated heterocycles. The smallest absolute Gasteiger partial charge is 0.409 e. The van der Waals surface area contributed by atoms with Crippen LogP contribution in [0, 0.1) is 0 Å². The molecule has 0 spiro atoms. The minimum Gasteiger partial charge on any atom is -0.450 e. The van der Waals surface area contributed by atoms with Gasteiger partial charge in [-0.1, -0.05) is 0 Å². The van der Waals surface area contributed by atoms with Crippen LogP contribution in [0.25, 0.3) is 0 Å². The Balaban J connectivity index is 1.75. The van der Waals surface area contributed by atoms with Gasteiger partial charge in [-0.05, 0) is 31.2 Å². The molecule has 1 fully saturated rings. The summed E-state index contributed by atoms with van der Waals surface area (Å²) in [4.78, 5) is 39.3. The maximum absolute atomic E-state index is 12.3. The van der Waals surface area contributed by atoms with Crippen molar-refractivity contribution in [1.82, 2.24) is 9.80 Å². The summed E-state index contributed by atoms with van der Waals surface area (Å²) in [5, 5.41) is 2.70. The van der Waals surface area contributed by atoms with Crippen molar-refractivity contribution in [2.75, 3.05) is 43.9 Å². The van der Waals surface area contributed by atoms with Crippen molar-refractivity contribution >= 4 is 35.4 Å². The highest BCUT2D eigenvalue weighted by atomic mass is 32.2. The number of rotatable bonds is 5. The third kappa shape index (κ3) is 5.97. The predicted octanol–water partition coefficient (Wildman–Crippen LogP) is 2.04. The average molecular weight is 365 g/mol. The van der Waals surface area contributed by atoms with Crippen molar-refractivity contribution in [3.8, 4) is 0 Å². The molecule has 1 aromatic rings. The summed E-state index contributed by atoms with van der Waals surface area (Å²) < 4.78 is 4.97. The van der Waals surface area contributed by atoms with Crippen molar-refractivity contribution in [3.63, 3.8) is 0 Å². The number of hydrogen-bond acceptors (Lipinski definition) is 5. The second-order valence-electron chi connectivity index (χ2n) is 5.56. The van der Waals surface area contributed by atoms with Gasteiger partial charge in [0.05, 0.1) is 12.4 Å². The van der Waals surface area contributed by atoms with Crippen LogP contribution >= 0.6 is 11.8 Å². The van der Waals surface area contributed by atoms with E-state index in [4.69, 9.17) is 4.74 Å². The fraction of sp³-hybridized carbons (Fsp3) is 0.471. The number of benzene rings is 1. The molecule has 25 heavy (non-hydrogen) atoms. The van der Waals surface area contributed by atoms with Crippen LogP contribution in [0.15, 0.2) is 29.2 Å². The average Bonchev–Trinajstić information content (AvgIpc) is 2.61. The van der Waals surface area contributed by atoms with Crippen LogP contribution in [0.2, 0.25) is 0 Å². The summed E-state index contributed by atoms with van der Waals surface area (Å²) in [5.74, 6) is 0.288. The molecule has 0 aliphatic carbocycles. The van der Waals surface area contributed by atoms with E-state index >= 15 is 0 Å². The topological polar surface area (TPSA) is 79.0 Å². The van der Waals surface area contributed by atoms with Gasteiger partial charge in [0, 0.05) is 43.7 Å². The van der Waals surface area contributed by atoms with Gasteiger partial charge in [-0.15, -0.1) is 11.8 Å². The molecule has 1 aliphatic heterocycles. The standard InChI is InChI=1S/C17H23N3O4S/c1-3-24-17(23)20-10-8-19(9-11-20)16(22)12-25-15-6-4-14(5-7-15)18-13(2)21/h4-7H,3,8-12H2,1-2H3,(H,18,21). The molecule has 1 aliphatic rings. The lowest BCUT2D eigenvalue weighted by Crippen LogP contribution is -2.51. The SMILES string of the molecule is CCOC(=O)N1CCN(C(=O)CSc2ccc(NC(C)=O)cc2)CC1. The van der Waals surface area contributed by atoms with E-state index in [1.54, 1.807) is 16.7 Å². The molecule has 0 radical (unpaired) electrons. The Morgan fingerprint density at radius 3 is 2.24 bits per heavy atom. The molecule has 1 N–H and O–H groups in total. The fourth-order valence-electron chi connectivity index (χ4n) is 2.43. The minimum absolute atomic E-state index is 0.0550. The van der Waals surface area contributed by atoms with Gasteiger partial charge in [0.25, 0.3) is 0 Å². The summed E-state index contributed by atoms with van der Waals surface area (Å²) in [5.41, 5.74) is 0.735. The van der Waals surface area contributed by atoms with Crippen LogP contribution in [0.4, 0.5) is 10.5 Å². The summed E-state index contributed by atoms with van der Waals surface area (Å²) in [6.45, 7) is 5.65. The fourth-order valence-corrected chi connectivity index (χ4v) is 3.23. The van der Waals surface area contributed by atoms with Crippen LogP contribution in [0.1, 0.15) is 13.8 Å².